The summed E-state index contributed by atoms with van der Waals surface area (Å²) in [4.78, 5) is 30.9. The number of carbonyl (C=O) groups is 1. The van der Waals surface area contributed by atoms with Crippen LogP contribution in [-0.2, 0) is 6.54 Å². The molecule has 0 aliphatic rings. The maximum atomic E-state index is 13.0. The molecule has 1 unspecified atom stereocenters. The van der Waals surface area contributed by atoms with Crippen LogP contribution in [0.4, 0.5) is 5.95 Å². The van der Waals surface area contributed by atoms with Crippen LogP contribution < -0.4 is 15.4 Å². The lowest BCUT2D eigenvalue weighted by Gasteiger charge is -2.14. The summed E-state index contributed by atoms with van der Waals surface area (Å²) < 4.78 is 5.89. The number of pyridine rings is 2. The number of nitrogens with one attached hydrogen (secondary N) is 2. The highest BCUT2D eigenvalue weighted by Gasteiger charge is 2.19. The van der Waals surface area contributed by atoms with Gasteiger partial charge in [0, 0.05) is 12.3 Å². The molecule has 4 heterocycles. The zero-order valence-electron chi connectivity index (χ0n) is 17.4. The summed E-state index contributed by atoms with van der Waals surface area (Å²) in [5.74, 6) is 0.601. The zero-order valence-corrected chi connectivity index (χ0v) is 18.2. The van der Waals surface area contributed by atoms with E-state index in [0.29, 0.717) is 23.2 Å². The van der Waals surface area contributed by atoms with Gasteiger partial charge in [0.15, 0.2) is 5.69 Å². The molecular formula is C22H22N6O2S. The van der Waals surface area contributed by atoms with E-state index in [1.807, 2.05) is 49.6 Å². The molecule has 0 saturated heterocycles. The molecule has 1 atom stereocenters. The minimum absolute atomic E-state index is 0.116. The van der Waals surface area contributed by atoms with Crippen LogP contribution >= 0.6 is 11.3 Å². The minimum Gasteiger partial charge on any atom is -0.481 e. The van der Waals surface area contributed by atoms with Crippen molar-refractivity contribution in [1.29, 1.82) is 0 Å². The van der Waals surface area contributed by atoms with Crippen molar-refractivity contribution < 1.29 is 9.53 Å². The lowest BCUT2D eigenvalue weighted by molar-refractivity contribution is 0.0947. The molecule has 9 heteroatoms. The molecule has 0 spiro atoms. The fourth-order valence-corrected chi connectivity index (χ4v) is 4.05. The molecule has 8 nitrogen and oxygen atoms in total. The number of carbonyl (C=O) groups excluding carboxylic acids is 1. The number of ether oxygens (including phenoxy) is 1. The lowest BCUT2D eigenvalue weighted by Crippen LogP contribution is -2.25. The number of rotatable bonds is 7. The normalized spacial score (nSPS) is 11.8. The smallest absolute Gasteiger partial charge is 0.271 e. The molecule has 1 amide bonds. The van der Waals surface area contributed by atoms with E-state index in [4.69, 9.17) is 4.74 Å². The maximum Gasteiger partial charge on any atom is 0.271 e. The Morgan fingerprint density at radius 3 is 2.81 bits per heavy atom. The largest absolute Gasteiger partial charge is 0.481 e. The van der Waals surface area contributed by atoms with Gasteiger partial charge in [0.2, 0.25) is 11.8 Å². The first-order valence-electron chi connectivity index (χ1n) is 9.76. The predicted molar refractivity (Wildman–Crippen MR) is 120 cm³/mol. The Morgan fingerprint density at radius 1 is 1.16 bits per heavy atom. The van der Waals surface area contributed by atoms with Crippen molar-refractivity contribution in [2.24, 2.45) is 0 Å². The number of aromatic nitrogens is 4. The van der Waals surface area contributed by atoms with Crippen molar-refractivity contribution in [3.63, 3.8) is 0 Å². The lowest BCUT2D eigenvalue weighted by atomic mass is 10.2. The molecule has 0 saturated carbocycles. The minimum atomic E-state index is -0.285. The summed E-state index contributed by atoms with van der Waals surface area (Å²) in [6.07, 6.45) is 1.74. The topological polar surface area (TPSA) is 102 Å². The Morgan fingerprint density at radius 2 is 2.03 bits per heavy atom. The summed E-state index contributed by atoms with van der Waals surface area (Å²) in [5, 5.41) is 8.14. The number of aryl methyl sites for hydroxylation is 1. The van der Waals surface area contributed by atoms with Crippen LogP contribution in [0.3, 0.4) is 0 Å². The summed E-state index contributed by atoms with van der Waals surface area (Å²) in [6.45, 7) is 4.21. The van der Waals surface area contributed by atoms with Crippen LogP contribution in [0.25, 0.3) is 10.2 Å². The number of hydrogen-bond donors (Lipinski definition) is 2. The third-order valence-corrected chi connectivity index (χ3v) is 5.80. The molecule has 31 heavy (non-hydrogen) atoms. The summed E-state index contributed by atoms with van der Waals surface area (Å²) in [7, 11) is 1.56. The van der Waals surface area contributed by atoms with E-state index in [0.717, 1.165) is 21.5 Å². The number of hydrogen-bond acceptors (Lipinski definition) is 8. The van der Waals surface area contributed by atoms with Crippen molar-refractivity contribution in [2.75, 3.05) is 12.4 Å². The first-order valence-corrected chi connectivity index (χ1v) is 10.6. The van der Waals surface area contributed by atoms with Gasteiger partial charge in [0.25, 0.3) is 5.91 Å². The third kappa shape index (κ3) is 4.61. The molecule has 0 fully saturated rings. The third-order valence-electron chi connectivity index (χ3n) is 4.71. The van der Waals surface area contributed by atoms with Crippen LogP contribution in [-0.4, -0.2) is 33.0 Å². The maximum absolute atomic E-state index is 13.0. The molecular weight excluding hydrogens is 412 g/mol. The fourth-order valence-electron chi connectivity index (χ4n) is 3.07. The summed E-state index contributed by atoms with van der Waals surface area (Å²) in [5.41, 5.74) is 3.66. The number of thiophene rings is 1. The van der Waals surface area contributed by atoms with Crippen LogP contribution in [0.2, 0.25) is 0 Å². The average molecular weight is 435 g/mol. The van der Waals surface area contributed by atoms with Crippen molar-refractivity contribution in [1.82, 2.24) is 25.3 Å². The summed E-state index contributed by atoms with van der Waals surface area (Å²) >= 11 is 1.46. The summed E-state index contributed by atoms with van der Waals surface area (Å²) in [6, 6.07) is 11.0. The fraction of sp³-hybridized carbons (Fsp3) is 0.227. The Balaban J connectivity index is 1.59. The molecule has 0 radical (unpaired) electrons. The van der Waals surface area contributed by atoms with Crippen LogP contribution in [0.15, 0.2) is 48.0 Å². The van der Waals surface area contributed by atoms with Crippen molar-refractivity contribution >= 4 is 33.4 Å². The Labute approximate surface area is 183 Å². The monoisotopic (exact) mass is 434 g/mol. The second-order valence-electron chi connectivity index (χ2n) is 6.97. The molecule has 0 aliphatic carbocycles. The van der Waals surface area contributed by atoms with Gasteiger partial charge < -0.3 is 15.4 Å². The molecule has 4 aromatic rings. The molecule has 158 valence electrons. The number of fused-ring (bicyclic) bond motifs is 1. The molecule has 0 aliphatic heterocycles. The first-order chi connectivity index (χ1) is 15.0. The molecule has 4 aromatic heterocycles. The number of methoxy groups -OCH3 is 1. The highest BCUT2D eigenvalue weighted by atomic mass is 32.1. The first kappa shape index (κ1) is 20.7. The Hall–Kier alpha value is -3.59. The van der Waals surface area contributed by atoms with E-state index in [-0.39, 0.29) is 18.5 Å². The standard InChI is InChI=1S/C22H22N6O2S/c1-13-12-31-20-18(13)27-22(25-14(2)16-8-4-5-10-23-16)28-19(20)21(29)24-11-15-7-6-9-17(26-15)30-3/h4-10,12,14H,11H2,1-3H3,(H,24,29)(H,25,27,28). The van der Waals surface area contributed by atoms with Gasteiger partial charge in [-0.1, -0.05) is 12.1 Å². The van der Waals surface area contributed by atoms with Crippen LogP contribution in [0.1, 0.15) is 40.4 Å². The van der Waals surface area contributed by atoms with Gasteiger partial charge in [-0.05, 0) is 43.0 Å². The van der Waals surface area contributed by atoms with E-state index in [1.54, 1.807) is 19.4 Å². The molecule has 4 rings (SSSR count). The zero-order chi connectivity index (χ0) is 21.8. The van der Waals surface area contributed by atoms with Gasteiger partial charge in [0.1, 0.15) is 0 Å². The SMILES string of the molecule is COc1cccc(CNC(=O)c2nc(NC(C)c3ccccn3)nc3c(C)csc23)n1. The van der Waals surface area contributed by atoms with E-state index in [2.05, 4.69) is 30.6 Å². The van der Waals surface area contributed by atoms with Gasteiger partial charge in [-0.2, -0.15) is 0 Å². The van der Waals surface area contributed by atoms with Gasteiger partial charge in [-0.25, -0.2) is 15.0 Å². The van der Waals surface area contributed by atoms with Crippen LogP contribution in [0.5, 0.6) is 5.88 Å². The van der Waals surface area contributed by atoms with Gasteiger partial charge in [-0.15, -0.1) is 11.3 Å². The average Bonchev–Trinajstić information content (AvgIpc) is 3.18. The van der Waals surface area contributed by atoms with Crippen molar-refractivity contribution in [3.05, 3.63) is 70.6 Å². The second-order valence-corrected chi connectivity index (χ2v) is 7.85. The number of anilines is 1. The molecule has 0 aromatic carbocycles. The van der Waals surface area contributed by atoms with E-state index in [9.17, 15) is 4.79 Å². The van der Waals surface area contributed by atoms with Crippen molar-refractivity contribution in [3.8, 4) is 5.88 Å². The molecule has 0 bridgehead atoms. The number of amides is 1. The van der Waals surface area contributed by atoms with E-state index in [1.165, 1.54) is 11.3 Å². The van der Waals surface area contributed by atoms with Gasteiger partial charge in [0.05, 0.1) is 41.3 Å². The predicted octanol–water partition coefficient (Wildman–Crippen LogP) is 3.90. The number of nitrogens with zero attached hydrogens (tertiary/aromatic N) is 4. The highest BCUT2D eigenvalue weighted by Crippen LogP contribution is 2.28. The van der Waals surface area contributed by atoms with Gasteiger partial charge in [-0.3, -0.25) is 9.78 Å². The Bertz CT molecular complexity index is 1210. The quantitative estimate of drug-likeness (QED) is 0.455. The van der Waals surface area contributed by atoms with Gasteiger partial charge >= 0.3 is 0 Å². The Kier molecular flexibility index (Phi) is 6.03. The second kappa shape index (κ2) is 9.05. The van der Waals surface area contributed by atoms with Crippen LogP contribution in [0, 0.1) is 6.92 Å². The highest BCUT2D eigenvalue weighted by molar-refractivity contribution is 7.17. The van der Waals surface area contributed by atoms with E-state index >= 15 is 0 Å². The molecule has 2 N–H and O–H groups in total. The van der Waals surface area contributed by atoms with Crippen molar-refractivity contribution in [2.45, 2.75) is 26.4 Å². The van der Waals surface area contributed by atoms with E-state index < -0.39 is 0 Å².